The number of benzene rings is 1. The van der Waals surface area contributed by atoms with Gasteiger partial charge in [0.2, 0.25) is 5.82 Å². The zero-order valence-electron chi connectivity index (χ0n) is 13.5. The van der Waals surface area contributed by atoms with E-state index in [4.69, 9.17) is 4.74 Å². The lowest BCUT2D eigenvalue weighted by Crippen LogP contribution is -2.38. The zero-order chi connectivity index (χ0) is 17.3. The number of methoxy groups -OCH3 is 1. The topological polar surface area (TPSA) is 96.8 Å². The van der Waals surface area contributed by atoms with Crippen LogP contribution in [0.15, 0.2) is 39.9 Å². The lowest BCUT2D eigenvalue weighted by Gasteiger charge is -2.08. The zero-order valence-corrected chi connectivity index (χ0v) is 13.5. The van der Waals surface area contributed by atoms with Gasteiger partial charge in [0.25, 0.3) is 5.56 Å². The van der Waals surface area contributed by atoms with Crippen LogP contribution >= 0.6 is 0 Å². The summed E-state index contributed by atoms with van der Waals surface area (Å²) >= 11 is 0. The van der Waals surface area contributed by atoms with Crippen LogP contribution in [0.5, 0.6) is 5.75 Å². The molecule has 0 bridgehead atoms. The fraction of sp³-hybridized carbons (Fsp3) is 0.267. The SMILES string of the molecule is COc1cccc(-c2nnn(Cc3cc(=O)n(C)c(=O)n3C)n2)c1. The molecule has 0 unspecified atom stereocenters. The molecule has 0 atom stereocenters. The molecule has 124 valence electrons. The third kappa shape index (κ3) is 2.83. The van der Waals surface area contributed by atoms with Gasteiger partial charge in [0.1, 0.15) is 12.3 Å². The minimum absolute atomic E-state index is 0.165. The molecule has 0 spiro atoms. The normalized spacial score (nSPS) is 10.8. The Morgan fingerprint density at radius 1 is 1.12 bits per heavy atom. The fourth-order valence-corrected chi connectivity index (χ4v) is 2.26. The smallest absolute Gasteiger partial charge is 0.330 e. The van der Waals surface area contributed by atoms with Gasteiger partial charge in [-0.1, -0.05) is 12.1 Å². The number of aromatic nitrogens is 6. The third-order valence-corrected chi connectivity index (χ3v) is 3.71. The quantitative estimate of drug-likeness (QED) is 0.658. The molecule has 0 fully saturated rings. The number of hydrogen-bond donors (Lipinski definition) is 0. The molecule has 2 heterocycles. The van der Waals surface area contributed by atoms with Crippen molar-refractivity contribution in [3.63, 3.8) is 0 Å². The highest BCUT2D eigenvalue weighted by molar-refractivity contribution is 5.56. The Balaban J connectivity index is 1.92. The van der Waals surface area contributed by atoms with Crippen LogP contribution in [0.4, 0.5) is 0 Å². The second-order valence-electron chi connectivity index (χ2n) is 5.25. The molecule has 3 aromatic rings. The second-order valence-corrected chi connectivity index (χ2v) is 5.25. The Morgan fingerprint density at radius 3 is 2.67 bits per heavy atom. The van der Waals surface area contributed by atoms with Crippen molar-refractivity contribution in [3.8, 4) is 17.1 Å². The van der Waals surface area contributed by atoms with E-state index >= 15 is 0 Å². The molecule has 9 nitrogen and oxygen atoms in total. The van der Waals surface area contributed by atoms with E-state index in [-0.39, 0.29) is 12.1 Å². The summed E-state index contributed by atoms with van der Waals surface area (Å²) in [5.41, 5.74) is 0.489. The maximum Gasteiger partial charge on any atom is 0.330 e. The van der Waals surface area contributed by atoms with Crippen molar-refractivity contribution < 1.29 is 4.74 Å². The Hall–Kier alpha value is -3.23. The molecule has 0 saturated carbocycles. The van der Waals surface area contributed by atoms with Crippen molar-refractivity contribution in [1.82, 2.24) is 29.3 Å². The Morgan fingerprint density at radius 2 is 1.92 bits per heavy atom. The van der Waals surface area contributed by atoms with E-state index < -0.39 is 5.69 Å². The van der Waals surface area contributed by atoms with Gasteiger partial charge < -0.3 is 4.74 Å². The molecular weight excluding hydrogens is 312 g/mol. The summed E-state index contributed by atoms with van der Waals surface area (Å²) in [5, 5.41) is 12.3. The van der Waals surface area contributed by atoms with Gasteiger partial charge in [-0.25, -0.2) is 4.79 Å². The highest BCUT2D eigenvalue weighted by atomic mass is 16.5. The summed E-state index contributed by atoms with van der Waals surface area (Å²) in [6.45, 7) is 0.165. The van der Waals surface area contributed by atoms with Gasteiger partial charge in [0.15, 0.2) is 0 Å². The summed E-state index contributed by atoms with van der Waals surface area (Å²) < 4.78 is 7.60. The number of tetrazole rings is 1. The summed E-state index contributed by atoms with van der Waals surface area (Å²) in [5.74, 6) is 1.13. The van der Waals surface area contributed by atoms with E-state index in [1.54, 1.807) is 20.2 Å². The van der Waals surface area contributed by atoms with Crippen LogP contribution < -0.4 is 16.0 Å². The number of rotatable bonds is 4. The van der Waals surface area contributed by atoms with Crippen molar-refractivity contribution in [2.75, 3.05) is 7.11 Å². The Labute approximate surface area is 136 Å². The van der Waals surface area contributed by atoms with E-state index in [9.17, 15) is 9.59 Å². The van der Waals surface area contributed by atoms with Crippen LogP contribution in [0.3, 0.4) is 0 Å². The third-order valence-electron chi connectivity index (χ3n) is 3.71. The second kappa shape index (κ2) is 6.11. The van der Waals surface area contributed by atoms with Gasteiger partial charge in [-0.05, 0) is 17.3 Å². The maximum absolute atomic E-state index is 11.9. The molecule has 0 amide bonds. The Bertz CT molecular complexity index is 1000. The van der Waals surface area contributed by atoms with Gasteiger partial charge in [0.05, 0.1) is 12.8 Å². The first-order valence-electron chi connectivity index (χ1n) is 7.18. The van der Waals surface area contributed by atoms with Gasteiger partial charge >= 0.3 is 5.69 Å². The predicted molar refractivity (Wildman–Crippen MR) is 85.8 cm³/mol. The van der Waals surface area contributed by atoms with Crippen LogP contribution in [-0.4, -0.2) is 36.5 Å². The van der Waals surface area contributed by atoms with E-state index in [0.717, 1.165) is 10.1 Å². The largest absolute Gasteiger partial charge is 0.497 e. The lowest BCUT2D eigenvalue weighted by atomic mass is 10.2. The van der Waals surface area contributed by atoms with Gasteiger partial charge in [0, 0.05) is 25.7 Å². The number of nitrogens with zero attached hydrogens (tertiary/aromatic N) is 6. The molecule has 0 N–H and O–H groups in total. The maximum atomic E-state index is 11.9. The van der Waals surface area contributed by atoms with Crippen LogP contribution in [0.25, 0.3) is 11.4 Å². The molecule has 0 aliphatic heterocycles. The highest BCUT2D eigenvalue weighted by Crippen LogP contribution is 2.19. The van der Waals surface area contributed by atoms with Gasteiger partial charge in [-0.2, -0.15) is 4.80 Å². The molecule has 9 heteroatoms. The van der Waals surface area contributed by atoms with Crippen molar-refractivity contribution in [2.45, 2.75) is 6.54 Å². The molecular formula is C15H16N6O3. The first-order valence-corrected chi connectivity index (χ1v) is 7.18. The van der Waals surface area contributed by atoms with Crippen LogP contribution in [0.1, 0.15) is 5.69 Å². The molecule has 24 heavy (non-hydrogen) atoms. The lowest BCUT2D eigenvalue weighted by molar-refractivity contribution is 0.415. The minimum Gasteiger partial charge on any atom is -0.497 e. The van der Waals surface area contributed by atoms with E-state index in [2.05, 4.69) is 15.4 Å². The van der Waals surface area contributed by atoms with Crippen LogP contribution in [0, 0.1) is 0 Å². The number of ether oxygens (including phenoxy) is 1. The standard InChI is InChI=1S/C15H16N6O3/c1-19-11(8-13(22)20(2)15(19)23)9-21-17-14(16-18-21)10-5-4-6-12(7-10)24-3/h4-8H,9H2,1-3H3. The van der Waals surface area contributed by atoms with Crippen molar-refractivity contribution in [1.29, 1.82) is 0 Å². The first-order chi connectivity index (χ1) is 11.5. The molecule has 1 aromatic carbocycles. The van der Waals surface area contributed by atoms with E-state index in [0.29, 0.717) is 17.3 Å². The molecule has 3 rings (SSSR count). The highest BCUT2D eigenvalue weighted by Gasteiger charge is 2.10. The minimum atomic E-state index is -0.398. The van der Waals surface area contributed by atoms with Crippen LogP contribution in [-0.2, 0) is 20.6 Å². The summed E-state index contributed by atoms with van der Waals surface area (Å²) in [6.07, 6.45) is 0. The summed E-state index contributed by atoms with van der Waals surface area (Å²) in [6, 6.07) is 8.69. The van der Waals surface area contributed by atoms with Crippen molar-refractivity contribution in [2.24, 2.45) is 14.1 Å². The summed E-state index contributed by atoms with van der Waals surface area (Å²) in [7, 11) is 4.61. The van der Waals surface area contributed by atoms with Crippen molar-refractivity contribution >= 4 is 0 Å². The van der Waals surface area contributed by atoms with E-state index in [1.165, 1.54) is 22.5 Å². The predicted octanol–water partition coefficient (Wildman–Crippen LogP) is -0.206. The molecule has 0 aliphatic carbocycles. The number of hydrogen-bond acceptors (Lipinski definition) is 6. The first kappa shape index (κ1) is 15.7. The Kier molecular flexibility index (Phi) is 3.98. The van der Waals surface area contributed by atoms with Gasteiger partial charge in [-0.3, -0.25) is 13.9 Å². The molecule has 0 saturated heterocycles. The molecule has 0 aliphatic rings. The summed E-state index contributed by atoms with van der Waals surface area (Å²) in [4.78, 5) is 25.1. The average Bonchev–Trinajstić information content (AvgIpc) is 3.06. The van der Waals surface area contributed by atoms with E-state index in [1.807, 2.05) is 18.2 Å². The molecule has 2 aromatic heterocycles. The van der Waals surface area contributed by atoms with Crippen LogP contribution in [0.2, 0.25) is 0 Å². The molecule has 0 radical (unpaired) electrons. The monoisotopic (exact) mass is 328 g/mol. The van der Waals surface area contributed by atoms with Gasteiger partial charge in [-0.15, -0.1) is 10.2 Å². The van der Waals surface area contributed by atoms with Crippen molar-refractivity contribution in [3.05, 3.63) is 56.9 Å². The average molecular weight is 328 g/mol. The fourth-order valence-electron chi connectivity index (χ4n) is 2.26.